The third kappa shape index (κ3) is 4.81. The fourth-order valence-corrected chi connectivity index (χ4v) is 1.99. The first-order valence-electron chi connectivity index (χ1n) is 7.34. The van der Waals surface area contributed by atoms with Crippen LogP contribution in [-0.4, -0.2) is 27.8 Å². The zero-order chi connectivity index (χ0) is 16.8. The van der Waals surface area contributed by atoms with E-state index >= 15 is 0 Å². The molecular formula is C17H20N4O2. The Balaban J connectivity index is 2.08. The van der Waals surface area contributed by atoms with E-state index in [1.54, 1.807) is 24.4 Å². The van der Waals surface area contributed by atoms with Gasteiger partial charge in [0.25, 0.3) is 5.91 Å². The molecule has 0 saturated heterocycles. The molecule has 23 heavy (non-hydrogen) atoms. The van der Waals surface area contributed by atoms with Crippen molar-refractivity contribution in [2.75, 3.05) is 5.32 Å². The molecule has 2 amide bonds. The van der Waals surface area contributed by atoms with Crippen molar-refractivity contribution in [1.82, 2.24) is 15.3 Å². The van der Waals surface area contributed by atoms with Crippen LogP contribution in [0.5, 0.6) is 0 Å². The average Bonchev–Trinajstić information content (AvgIpc) is 2.99. The van der Waals surface area contributed by atoms with E-state index in [0.717, 1.165) is 11.3 Å². The molecule has 6 nitrogen and oxygen atoms in total. The number of aromatic amines is 1. The number of aromatic nitrogens is 2. The quantitative estimate of drug-likeness (QED) is 0.741. The lowest BCUT2D eigenvalue weighted by Gasteiger charge is -2.12. The molecule has 3 N–H and O–H groups in total. The summed E-state index contributed by atoms with van der Waals surface area (Å²) >= 11 is 0. The zero-order valence-electron chi connectivity index (χ0n) is 13.4. The largest absolute Gasteiger partial charge is 0.350 e. The molecule has 0 aliphatic rings. The summed E-state index contributed by atoms with van der Waals surface area (Å²) in [6, 6.07) is 5.31. The van der Waals surface area contributed by atoms with Crippen molar-refractivity contribution in [1.29, 1.82) is 0 Å². The summed E-state index contributed by atoms with van der Waals surface area (Å²) in [5.74, 6) is -0.430. The van der Waals surface area contributed by atoms with Crippen molar-refractivity contribution in [3.63, 3.8) is 0 Å². The van der Waals surface area contributed by atoms with Gasteiger partial charge in [-0.2, -0.15) is 0 Å². The lowest BCUT2D eigenvalue weighted by Crippen LogP contribution is -2.30. The Morgan fingerprint density at radius 2 is 2.09 bits per heavy atom. The summed E-state index contributed by atoms with van der Waals surface area (Å²) in [5, 5.41) is 5.59. The summed E-state index contributed by atoms with van der Waals surface area (Å²) < 4.78 is 0. The Labute approximate surface area is 135 Å². The zero-order valence-corrected chi connectivity index (χ0v) is 13.4. The number of rotatable bonds is 5. The topological polar surface area (TPSA) is 86.9 Å². The van der Waals surface area contributed by atoms with Gasteiger partial charge in [0, 0.05) is 23.4 Å². The Kier molecular flexibility index (Phi) is 5.30. The highest BCUT2D eigenvalue weighted by atomic mass is 16.2. The maximum Gasteiger partial charge on any atom is 0.251 e. The van der Waals surface area contributed by atoms with Gasteiger partial charge in [-0.3, -0.25) is 9.59 Å². The lowest BCUT2D eigenvalue weighted by atomic mass is 10.1. The molecule has 0 spiro atoms. The molecule has 1 aromatic carbocycles. The third-order valence-electron chi connectivity index (χ3n) is 3.10. The summed E-state index contributed by atoms with van der Waals surface area (Å²) in [6.45, 7) is 5.66. The van der Waals surface area contributed by atoms with Crippen LogP contribution in [0.1, 0.15) is 35.5 Å². The molecule has 2 rings (SSSR count). The summed E-state index contributed by atoms with van der Waals surface area (Å²) in [5.41, 5.74) is 2.72. The van der Waals surface area contributed by atoms with Gasteiger partial charge in [-0.25, -0.2) is 4.98 Å². The average molecular weight is 312 g/mol. The minimum atomic E-state index is -0.279. The number of anilines is 1. The monoisotopic (exact) mass is 312 g/mol. The maximum atomic E-state index is 12.1. The van der Waals surface area contributed by atoms with Crippen LogP contribution in [0.2, 0.25) is 0 Å². The molecule has 0 bridgehead atoms. The number of benzene rings is 1. The molecule has 0 aliphatic heterocycles. The van der Waals surface area contributed by atoms with Crippen molar-refractivity contribution in [3.05, 3.63) is 53.6 Å². The number of carbonyl (C=O) groups excluding carboxylic acids is 2. The first kappa shape index (κ1) is 16.5. The van der Waals surface area contributed by atoms with E-state index in [9.17, 15) is 9.59 Å². The van der Waals surface area contributed by atoms with Gasteiger partial charge in [0.2, 0.25) is 5.91 Å². The van der Waals surface area contributed by atoms with Crippen LogP contribution in [0.4, 0.5) is 5.69 Å². The second kappa shape index (κ2) is 7.40. The van der Waals surface area contributed by atoms with Crippen LogP contribution in [0, 0.1) is 6.92 Å². The van der Waals surface area contributed by atoms with Crippen LogP contribution in [-0.2, 0) is 4.79 Å². The molecule has 0 aliphatic carbocycles. The molecule has 1 aromatic heterocycles. The number of H-pyrrole nitrogens is 1. The van der Waals surface area contributed by atoms with Gasteiger partial charge >= 0.3 is 0 Å². The number of hydrogen-bond acceptors (Lipinski definition) is 3. The van der Waals surface area contributed by atoms with Crippen molar-refractivity contribution < 1.29 is 9.59 Å². The second-order valence-electron chi connectivity index (χ2n) is 5.49. The number of hydrogen-bond donors (Lipinski definition) is 3. The van der Waals surface area contributed by atoms with E-state index in [2.05, 4.69) is 20.6 Å². The van der Waals surface area contributed by atoms with Crippen molar-refractivity contribution in [2.45, 2.75) is 26.8 Å². The molecule has 0 unspecified atom stereocenters. The van der Waals surface area contributed by atoms with Gasteiger partial charge in [-0.1, -0.05) is 6.07 Å². The Morgan fingerprint density at radius 1 is 1.30 bits per heavy atom. The van der Waals surface area contributed by atoms with Gasteiger partial charge in [0.1, 0.15) is 0 Å². The molecule has 120 valence electrons. The third-order valence-corrected chi connectivity index (χ3v) is 3.10. The second-order valence-corrected chi connectivity index (χ2v) is 5.49. The van der Waals surface area contributed by atoms with Crippen LogP contribution >= 0.6 is 0 Å². The highest BCUT2D eigenvalue weighted by Crippen LogP contribution is 2.16. The van der Waals surface area contributed by atoms with Gasteiger partial charge in [0.15, 0.2) is 0 Å². The molecule has 0 fully saturated rings. The lowest BCUT2D eigenvalue weighted by molar-refractivity contribution is -0.111. The number of amides is 2. The Bertz CT molecular complexity index is 718. The first-order chi connectivity index (χ1) is 11.0. The van der Waals surface area contributed by atoms with E-state index < -0.39 is 0 Å². The van der Waals surface area contributed by atoms with E-state index in [1.807, 2.05) is 26.8 Å². The van der Waals surface area contributed by atoms with Crippen LogP contribution in [0.15, 0.2) is 36.8 Å². The molecule has 1 heterocycles. The van der Waals surface area contributed by atoms with Crippen molar-refractivity contribution in [3.8, 4) is 0 Å². The predicted molar refractivity (Wildman–Crippen MR) is 90.0 cm³/mol. The molecule has 0 atom stereocenters. The summed E-state index contributed by atoms with van der Waals surface area (Å²) in [6.07, 6.45) is 6.19. The number of imidazole rings is 1. The van der Waals surface area contributed by atoms with Gasteiger partial charge in [-0.15, -0.1) is 0 Å². The smallest absolute Gasteiger partial charge is 0.251 e. The van der Waals surface area contributed by atoms with E-state index in [4.69, 9.17) is 0 Å². The van der Waals surface area contributed by atoms with Gasteiger partial charge < -0.3 is 15.6 Å². The number of nitrogens with zero attached hydrogens (tertiary/aromatic N) is 1. The molecular weight excluding hydrogens is 292 g/mol. The van der Waals surface area contributed by atoms with Crippen LogP contribution < -0.4 is 10.6 Å². The summed E-state index contributed by atoms with van der Waals surface area (Å²) in [4.78, 5) is 30.8. The first-order valence-corrected chi connectivity index (χ1v) is 7.34. The number of nitrogens with one attached hydrogen (secondary N) is 3. The summed E-state index contributed by atoms with van der Waals surface area (Å²) in [7, 11) is 0. The number of aryl methyl sites for hydroxylation is 1. The Hall–Kier alpha value is -2.89. The standard InChI is InChI=1S/C17H20N4O2/c1-11(2)20-17(23)15-8-13(5-4-12(15)3)21-16(22)7-6-14-9-18-10-19-14/h4-11H,1-3H3,(H,18,19)(H,20,23)(H,21,22). The fraction of sp³-hybridized carbons (Fsp3) is 0.235. The van der Waals surface area contributed by atoms with Gasteiger partial charge in [-0.05, 0) is 44.5 Å². The highest BCUT2D eigenvalue weighted by molar-refractivity contribution is 6.03. The van der Waals surface area contributed by atoms with Crippen LogP contribution in [0.3, 0.4) is 0 Å². The minimum Gasteiger partial charge on any atom is -0.350 e. The van der Waals surface area contributed by atoms with Gasteiger partial charge in [0.05, 0.1) is 18.2 Å². The maximum absolute atomic E-state index is 12.1. The van der Waals surface area contributed by atoms with E-state index in [-0.39, 0.29) is 17.9 Å². The van der Waals surface area contributed by atoms with E-state index in [0.29, 0.717) is 11.3 Å². The van der Waals surface area contributed by atoms with Crippen molar-refractivity contribution in [2.24, 2.45) is 0 Å². The Morgan fingerprint density at radius 3 is 2.74 bits per heavy atom. The van der Waals surface area contributed by atoms with E-state index in [1.165, 1.54) is 12.4 Å². The predicted octanol–water partition coefficient (Wildman–Crippen LogP) is 2.51. The molecule has 0 radical (unpaired) electrons. The number of carbonyl (C=O) groups is 2. The molecule has 0 saturated carbocycles. The fourth-order valence-electron chi connectivity index (χ4n) is 1.99. The normalized spacial score (nSPS) is 11.0. The van der Waals surface area contributed by atoms with Crippen LogP contribution in [0.25, 0.3) is 6.08 Å². The molecule has 6 heteroatoms. The van der Waals surface area contributed by atoms with Crippen molar-refractivity contribution >= 4 is 23.6 Å². The highest BCUT2D eigenvalue weighted by Gasteiger charge is 2.11. The minimum absolute atomic E-state index is 0.0532. The molecule has 2 aromatic rings. The SMILES string of the molecule is Cc1ccc(NC(=O)C=Cc2cnc[nH]2)cc1C(=O)NC(C)C.